The Morgan fingerprint density at radius 3 is 2.89 bits per heavy atom. The van der Waals surface area contributed by atoms with E-state index in [1.54, 1.807) is 29.7 Å². The molecule has 0 radical (unpaired) electrons. The van der Waals surface area contributed by atoms with E-state index in [9.17, 15) is 4.79 Å². The first-order chi connectivity index (χ1) is 9.11. The van der Waals surface area contributed by atoms with Crippen LogP contribution in [-0.2, 0) is 11.3 Å². The standard InChI is InChI=1S/C14H16N2O2S/c1-9-7-11(19-10(9)2)8-16-13-12(14(17)18-3)5-4-6-15-13/h4-7H,8H2,1-3H3,(H,15,16). The molecule has 0 aromatic carbocycles. The number of thiophene rings is 1. The summed E-state index contributed by atoms with van der Waals surface area (Å²) in [5.41, 5.74) is 1.74. The Morgan fingerprint density at radius 2 is 2.26 bits per heavy atom. The highest BCUT2D eigenvalue weighted by molar-refractivity contribution is 7.12. The molecule has 0 saturated heterocycles. The van der Waals surface area contributed by atoms with Crippen molar-refractivity contribution in [1.29, 1.82) is 0 Å². The molecule has 5 heteroatoms. The van der Waals surface area contributed by atoms with Gasteiger partial charge in [0.1, 0.15) is 11.4 Å². The second-order valence-corrected chi connectivity index (χ2v) is 5.54. The van der Waals surface area contributed by atoms with Gasteiger partial charge >= 0.3 is 5.97 Å². The summed E-state index contributed by atoms with van der Waals surface area (Å²) >= 11 is 1.75. The number of pyridine rings is 1. The number of esters is 1. The molecule has 0 fully saturated rings. The van der Waals surface area contributed by atoms with Gasteiger partial charge in [-0.2, -0.15) is 0 Å². The van der Waals surface area contributed by atoms with Crippen molar-refractivity contribution in [2.45, 2.75) is 20.4 Å². The van der Waals surface area contributed by atoms with Crippen LogP contribution in [0.25, 0.3) is 0 Å². The van der Waals surface area contributed by atoms with Crippen LogP contribution in [0.2, 0.25) is 0 Å². The molecule has 2 aromatic heterocycles. The summed E-state index contributed by atoms with van der Waals surface area (Å²) < 4.78 is 4.74. The van der Waals surface area contributed by atoms with Crippen LogP contribution in [0.5, 0.6) is 0 Å². The number of hydrogen-bond acceptors (Lipinski definition) is 5. The topological polar surface area (TPSA) is 51.2 Å². The van der Waals surface area contributed by atoms with Crippen LogP contribution in [-0.4, -0.2) is 18.1 Å². The molecule has 100 valence electrons. The van der Waals surface area contributed by atoms with Crippen molar-refractivity contribution in [2.75, 3.05) is 12.4 Å². The molecule has 0 aliphatic rings. The molecule has 4 nitrogen and oxygen atoms in total. The molecule has 0 atom stereocenters. The van der Waals surface area contributed by atoms with Gasteiger partial charge in [-0.05, 0) is 37.6 Å². The van der Waals surface area contributed by atoms with E-state index in [0.29, 0.717) is 17.9 Å². The number of methoxy groups -OCH3 is 1. The van der Waals surface area contributed by atoms with Crippen molar-refractivity contribution < 1.29 is 9.53 Å². The zero-order chi connectivity index (χ0) is 13.8. The Morgan fingerprint density at radius 1 is 1.47 bits per heavy atom. The van der Waals surface area contributed by atoms with Crippen LogP contribution in [0.15, 0.2) is 24.4 Å². The van der Waals surface area contributed by atoms with Gasteiger partial charge in [-0.3, -0.25) is 0 Å². The summed E-state index contributed by atoms with van der Waals surface area (Å²) in [4.78, 5) is 18.3. The van der Waals surface area contributed by atoms with E-state index in [-0.39, 0.29) is 5.97 Å². The number of carbonyl (C=O) groups excluding carboxylic acids is 1. The Bertz CT molecular complexity index is 573. The highest BCUT2D eigenvalue weighted by Crippen LogP contribution is 2.22. The predicted molar refractivity (Wildman–Crippen MR) is 76.7 cm³/mol. The second-order valence-electron chi connectivity index (χ2n) is 4.20. The fourth-order valence-corrected chi connectivity index (χ4v) is 2.72. The number of hydrogen-bond donors (Lipinski definition) is 1. The van der Waals surface area contributed by atoms with E-state index < -0.39 is 0 Å². The van der Waals surface area contributed by atoms with E-state index in [1.807, 2.05) is 0 Å². The third-order valence-corrected chi connectivity index (χ3v) is 4.01. The number of anilines is 1. The molecule has 0 aliphatic carbocycles. The zero-order valence-corrected chi connectivity index (χ0v) is 12.0. The Kier molecular flexibility index (Phi) is 4.16. The third-order valence-electron chi connectivity index (χ3n) is 2.86. The lowest BCUT2D eigenvalue weighted by atomic mass is 10.2. The molecule has 2 heterocycles. The lowest BCUT2D eigenvalue weighted by Crippen LogP contribution is -2.09. The minimum atomic E-state index is -0.380. The largest absolute Gasteiger partial charge is 0.465 e. The summed E-state index contributed by atoms with van der Waals surface area (Å²) in [5.74, 6) is 0.173. The average molecular weight is 276 g/mol. The maximum absolute atomic E-state index is 11.6. The first-order valence-electron chi connectivity index (χ1n) is 5.95. The van der Waals surface area contributed by atoms with Gasteiger partial charge in [0.25, 0.3) is 0 Å². The van der Waals surface area contributed by atoms with Gasteiger partial charge in [-0.25, -0.2) is 9.78 Å². The first kappa shape index (κ1) is 13.5. The van der Waals surface area contributed by atoms with Crippen molar-refractivity contribution in [3.63, 3.8) is 0 Å². The second kappa shape index (κ2) is 5.84. The number of aryl methyl sites for hydroxylation is 2. The van der Waals surface area contributed by atoms with E-state index in [4.69, 9.17) is 4.74 Å². The van der Waals surface area contributed by atoms with Gasteiger partial charge in [0.2, 0.25) is 0 Å². The molecule has 2 aromatic rings. The van der Waals surface area contributed by atoms with E-state index in [1.165, 1.54) is 22.4 Å². The Hall–Kier alpha value is -1.88. The van der Waals surface area contributed by atoms with Gasteiger partial charge in [-0.1, -0.05) is 0 Å². The number of carbonyl (C=O) groups is 1. The maximum Gasteiger partial charge on any atom is 0.341 e. The molecule has 1 N–H and O–H groups in total. The third kappa shape index (κ3) is 3.12. The smallest absolute Gasteiger partial charge is 0.341 e. The molecule has 0 unspecified atom stereocenters. The summed E-state index contributed by atoms with van der Waals surface area (Å²) in [6.07, 6.45) is 1.65. The quantitative estimate of drug-likeness (QED) is 0.872. The highest BCUT2D eigenvalue weighted by atomic mass is 32.1. The van der Waals surface area contributed by atoms with Gasteiger partial charge in [0, 0.05) is 16.0 Å². The summed E-state index contributed by atoms with van der Waals surface area (Å²) in [6.45, 7) is 4.85. The summed E-state index contributed by atoms with van der Waals surface area (Å²) in [6, 6.07) is 5.57. The monoisotopic (exact) mass is 276 g/mol. The minimum Gasteiger partial charge on any atom is -0.465 e. The van der Waals surface area contributed by atoms with Crippen molar-refractivity contribution in [3.8, 4) is 0 Å². The van der Waals surface area contributed by atoms with Gasteiger partial charge in [0.05, 0.1) is 13.7 Å². The highest BCUT2D eigenvalue weighted by Gasteiger charge is 2.12. The van der Waals surface area contributed by atoms with Gasteiger partial charge in [-0.15, -0.1) is 11.3 Å². The molecule has 0 saturated carbocycles. The van der Waals surface area contributed by atoms with Crippen LogP contribution in [0.1, 0.15) is 25.7 Å². The number of ether oxygens (including phenoxy) is 1. The van der Waals surface area contributed by atoms with Crippen LogP contribution < -0.4 is 5.32 Å². The lowest BCUT2D eigenvalue weighted by molar-refractivity contribution is 0.0601. The Labute approximate surface area is 116 Å². The SMILES string of the molecule is COC(=O)c1cccnc1NCc1cc(C)c(C)s1. The molecule has 19 heavy (non-hydrogen) atoms. The Balaban J connectivity index is 2.13. The predicted octanol–water partition coefficient (Wildman–Crippen LogP) is 3.16. The maximum atomic E-state index is 11.6. The number of aromatic nitrogens is 1. The van der Waals surface area contributed by atoms with Crippen molar-refractivity contribution in [2.24, 2.45) is 0 Å². The molecule has 0 spiro atoms. The van der Waals surface area contributed by atoms with Crippen molar-refractivity contribution in [1.82, 2.24) is 4.98 Å². The fraction of sp³-hybridized carbons (Fsp3) is 0.286. The van der Waals surface area contributed by atoms with Crippen LogP contribution in [0.3, 0.4) is 0 Å². The molecule has 2 rings (SSSR count). The van der Waals surface area contributed by atoms with Crippen LogP contribution in [0, 0.1) is 13.8 Å². The molecule has 0 bridgehead atoms. The molecule has 0 amide bonds. The molecular weight excluding hydrogens is 260 g/mol. The average Bonchev–Trinajstić information content (AvgIpc) is 2.75. The van der Waals surface area contributed by atoms with E-state index in [2.05, 4.69) is 30.2 Å². The summed E-state index contributed by atoms with van der Waals surface area (Å²) in [7, 11) is 1.37. The van der Waals surface area contributed by atoms with Gasteiger partial charge in [0.15, 0.2) is 0 Å². The van der Waals surface area contributed by atoms with E-state index in [0.717, 1.165) is 0 Å². The van der Waals surface area contributed by atoms with Crippen LogP contribution in [0.4, 0.5) is 5.82 Å². The molecular formula is C14H16N2O2S. The van der Waals surface area contributed by atoms with Crippen molar-refractivity contribution >= 4 is 23.1 Å². The minimum absolute atomic E-state index is 0.380. The van der Waals surface area contributed by atoms with Gasteiger partial charge < -0.3 is 10.1 Å². The number of rotatable bonds is 4. The van der Waals surface area contributed by atoms with Crippen LogP contribution >= 0.6 is 11.3 Å². The fourth-order valence-electron chi connectivity index (χ4n) is 1.73. The zero-order valence-electron chi connectivity index (χ0n) is 11.2. The summed E-state index contributed by atoms with van der Waals surface area (Å²) in [5, 5.41) is 3.18. The van der Waals surface area contributed by atoms with Crippen molar-refractivity contribution in [3.05, 3.63) is 45.3 Å². The molecule has 0 aliphatic heterocycles. The normalized spacial score (nSPS) is 10.3. The van der Waals surface area contributed by atoms with E-state index >= 15 is 0 Å². The number of nitrogens with one attached hydrogen (secondary N) is 1. The first-order valence-corrected chi connectivity index (χ1v) is 6.76. The number of nitrogens with zero attached hydrogens (tertiary/aromatic N) is 1. The lowest BCUT2D eigenvalue weighted by Gasteiger charge is -2.08.